The van der Waals surface area contributed by atoms with E-state index in [-0.39, 0.29) is 41.8 Å². The minimum absolute atomic E-state index is 0.100. The lowest BCUT2D eigenvalue weighted by molar-refractivity contribution is -0.151. The number of fused-ring (bicyclic) bond motifs is 1. The van der Waals surface area contributed by atoms with E-state index in [1.54, 1.807) is 28.9 Å². The van der Waals surface area contributed by atoms with Crippen molar-refractivity contribution in [1.82, 2.24) is 24.5 Å². The van der Waals surface area contributed by atoms with Gasteiger partial charge >= 0.3 is 5.97 Å². The first-order chi connectivity index (χ1) is 17.8. The van der Waals surface area contributed by atoms with Gasteiger partial charge in [0, 0.05) is 45.8 Å². The number of aromatic nitrogens is 2. The van der Waals surface area contributed by atoms with Gasteiger partial charge in [-0.25, -0.2) is 4.39 Å². The third-order valence-electron chi connectivity index (χ3n) is 6.78. The number of piperidine rings is 1. The summed E-state index contributed by atoms with van der Waals surface area (Å²) in [6.45, 7) is 4.16. The first-order valence-electron chi connectivity index (χ1n) is 12.6. The number of carbonyl (C=O) groups is 4. The van der Waals surface area contributed by atoms with E-state index >= 15 is 0 Å². The number of benzene rings is 1. The number of ether oxygens (including phenoxy) is 1. The Bertz CT molecular complexity index is 1160. The maximum Gasteiger partial charge on any atom is 0.309 e. The van der Waals surface area contributed by atoms with Crippen molar-refractivity contribution in [3.05, 3.63) is 53.1 Å². The number of likely N-dealkylation sites (tertiary alicyclic amines) is 1. The zero-order valence-corrected chi connectivity index (χ0v) is 21.2. The van der Waals surface area contributed by atoms with Crippen LogP contribution in [0.4, 0.5) is 4.39 Å². The molecule has 0 atom stereocenters. The van der Waals surface area contributed by atoms with Gasteiger partial charge in [0.2, 0.25) is 5.91 Å². The molecule has 1 aromatic heterocycles. The second-order valence-electron chi connectivity index (χ2n) is 9.41. The number of halogens is 1. The molecule has 1 saturated heterocycles. The van der Waals surface area contributed by atoms with Crippen molar-refractivity contribution in [3.8, 4) is 0 Å². The molecule has 1 aromatic carbocycles. The highest BCUT2D eigenvalue weighted by molar-refractivity contribution is 5.99. The molecular weight excluding hydrogens is 481 g/mol. The first-order valence-corrected chi connectivity index (χ1v) is 12.6. The molecule has 11 heteroatoms. The summed E-state index contributed by atoms with van der Waals surface area (Å²) in [6.07, 6.45) is 1.73. The Balaban J connectivity index is 1.36. The fourth-order valence-electron chi connectivity index (χ4n) is 4.69. The Morgan fingerprint density at radius 1 is 1.11 bits per heavy atom. The quantitative estimate of drug-likeness (QED) is 0.524. The maximum atomic E-state index is 13.2. The molecule has 0 spiro atoms. The van der Waals surface area contributed by atoms with Crippen LogP contribution in [0.2, 0.25) is 0 Å². The molecule has 2 aromatic rings. The molecule has 3 heterocycles. The van der Waals surface area contributed by atoms with Crippen molar-refractivity contribution >= 4 is 23.7 Å². The number of aryl methyl sites for hydroxylation is 1. The number of nitrogens with zero attached hydrogens (tertiary/aromatic N) is 5. The van der Waals surface area contributed by atoms with E-state index in [4.69, 9.17) is 4.74 Å². The van der Waals surface area contributed by atoms with Crippen LogP contribution < -0.4 is 0 Å². The van der Waals surface area contributed by atoms with Crippen LogP contribution in [0.1, 0.15) is 52.7 Å². The Morgan fingerprint density at radius 2 is 1.81 bits per heavy atom. The molecule has 2 aliphatic rings. The summed E-state index contributed by atoms with van der Waals surface area (Å²) < 4.78 is 19.8. The summed E-state index contributed by atoms with van der Waals surface area (Å²) in [5.41, 5.74) is 1.22. The SMILES string of the molecule is CCOC(=O)C1CCN(C(=O)CN(C)C(=O)c2cc3n(n2)CCCN(Cc2ccc(F)cc2)C3=O)CC1. The molecule has 198 valence electrons. The van der Waals surface area contributed by atoms with E-state index in [0.29, 0.717) is 64.3 Å². The van der Waals surface area contributed by atoms with E-state index in [1.807, 2.05) is 0 Å². The third kappa shape index (κ3) is 6.15. The van der Waals surface area contributed by atoms with Crippen LogP contribution in [-0.4, -0.2) is 88.0 Å². The standard InChI is InChI=1S/C26H32FN5O5/c1-3-37-26(36)19-9-13-30(14-10-19)23(33)17-29(2)24(34)21-15-22-25(35)31(11-4-12-32(22)28-21)16-18-5-7-20(27)8-6-18/h5-8,15,19H,3-4,9-14,16-17H2,1-2H3. The van der Waals surface area contributed by atoms with Gasteiger partial charge in [0.05, 0.1) is 19.1 Å². The summed E-state index contributed by atoms with van der Waals surface area (Å²) in [6, 6.07) is 7.48. The van der Waals surface area contributed by atoms with Gasteiger partial charge in [-0.15, -0.1) is 0 Å². The van der Waals surface area contributed by atoms with Crippen LogP contribution in [0, 0.1) is 11.7 Å². The largest absolute Gasteiger partial charge is 0.466 e. The zero-order valence-electron chi connectivity index (χ0n) is 21.2. The molecule has 2 aliphatic heterocycles. The summed E-state index contributed by atoms with van der Waals surface area (Å²) in [4.78, 5) is 55.5. The van der Waals surface area contributed by atoms with E-state index < -0.39 is 5.91 Å². The molecule has 4 rings (SSSR count). The molecule has 0 saturated carbocycles. The molecule has 0 aliphatic carbocycles. The van der Waals surface area contributed by atoms with Crippen LogP contribution in [0.15, 0.2) is 30.3 Å². The van der Waals surface area contributed by atoms with Gasteiger partial charge in [-0.2, -0.15) is 5.10 Å². The first kappa shape index (κ1) is 26.3. The smallest absolute Gasteiger partial charge is 0.309 e. The van der Waals surface area contributed by atoms with Crippen molar-refractivity contribution in [2.45, 2.75) is 39.3 Å². The van der Waals surface area contributed by atoms with Crippen LogP contribution in [0.3, 0.4) is 0 Å². The molecule has 0 unspecified atom stereocenters. The predicted molar refractivity (Wildman–Crippen MR) is 131 cm³/mol. The van der Waals surface area contributed by atoms with Crippen molar-refractivity contribution in [3.63, 3.8) is 0 Å². The van der Waals surface area contributed by atoms with Crippen molar-refractivity contribution in [1.29, 1.82) is 0 Å². The third-order valence-corrected chi connectivity index (χ3v) is 6.78. The number of amides is 3. The predicted octanol–water partition coefficient (Wildman–Crippen LogP) is 1.94. The normalized spacial score (nSPS) is 16.2. The molecule has 0 radical (unpaired) electrons. The number of rotatable bonds is 7. The van der Waals surface area contributed by atoms with Crippen molar-refractivity contribution in [2.24, 2.45) is 5.92 Å². The van der Waals surface area contributed by atoms with Crippen LogP contribution >= 0.6 is 0 Å². The second kappa shape index (κ2) is 11.5. The summed E-state index contributed by atoms with van der Waals surface area (Å²) in [5, 5.41) is 4.35. The zero-order chi connectivity index (χ0) is 26.5. The molecule has 3 amide bonds. The highest BCUT2D eigenvalue weighted by Crippen LogP contribution is 2.20. The number of hydrogen-bond donors (Lipinski definition) is 0. The Morgan fingerprint density at radius 3 is 2.49 bits per heavy atom. The maximum absolute atomic E-state index is 13.2. The minimum Gasteiger partial charge on any atom is -0.466 e. The number of carbonyl (C=O) groups excluding carboxylic acids is 4. The Kier molecular flexibility index (Phi) is 8.20. The highest BCUT2D eigenvalue weighted by Gasteiger charge is 2.31. The van der Waals surface area contributed by atoms with Gasteiger partial charge in [-0.05, 0) is 43.9 Å². The topological polar surface area (TPSA) is 105 Å². The summed E-state index contributed by atoms with van der Waals surface area (Å²) >= 11 is 0. The van der Waals surface area contributed by atoms with E-state index in [1.165, 1.54) is 34.8 Å². The number of hydrogen-bond acceptors (Lipinski definition) is 6. The Labute approximate surface area is 214 Å². The second-order valence-corrected chi connectivity index (χ2v) is 9.41. The molecule has 37 heavy (non-hydrogen) atoms. The van der Waals surface area contributed by atoms with Gasteiger partial charge in [0.15, 0.2) is 5.69 Å². The molecule has 10 nitrogen and oxygen atoms in total. The number of esters is 1. The lowest BCUT2D eigenvalue weighted by atomic mass is 9.97. The van der Waals surface area contributed by atoms with E-state index in [0.717, 1.165) is 5.56 Å². The molecule has 0 bridgehead atoms. The van der Waals surface area contributed by atoms with E-state index in [9.17, 15) is 23.6 Å². The van der Waals surface area contributed by atoms with E-state index in [2.05, 4.69) is 5.10 Å². The molecule has 0 N–H and O–H groups in total. The van der Waals surface area contributed by atoms with Gasteiger partial charge in [-0.3, -0.25) is 23.9 Å². The summed E-state index contributed by atoms with van der Waals surface area (Å²) in [5.74, 6) is -1.68. The molecule has 1 fully saturated rings. The van der Waals surface area contributed by atoms with Gasteiger partial charge in [0.1, 0.15) is 11.5 Å². The van der Waals surface area contributed by atoms with Crippen LogP contribution in [0.5, 0.6) is 0 Å². The lowest BCUT2D eigenvalue weighted by Gasteiger charge is -2.32. The van der Waals surface area contributed by atoms with Crippen molar-refractivity contribution < 1.29 is 28.3 Å². The lowest BCUT2D eigenvalue weighted by Crippen LogP contribution is -2.45. The average Bonchev–Trinajstić information content (AvgIpc) is 3.26. The minimum atomic E-state index is -0.451. The van der Waals surface area contributed by atoms with Crippen LogP contribution in [0.25, 0.3) is 0 Å². The Hall–Kier alpha value is -3.76. The molecular formula is C26H32FN5O5. The van der Waals surface area contributed by atoms with Gasteiger partial charge in [0.25, 0.3) is 11.8 Å². The average molecular weight is 514 g/mol. The summed E-state index contributed by atoms with van der Waals surface area (Å²) in [7, 11) is 1.53. The van der Waals surface area contributed by atoms with Crippen molar-refractivity contribution in [2.75, 3.05) is 39.8 Å². The fourth-order valence-corrected chi connectivity index (χ4v) is 4.69. The number of likely N-dealkylation sites (N-methyl/N-ethyl adjacent to an activating group) is 1. The van der Waals surface area contributed by atoms with Crippen LogP contribution in [-0.2, 0) is 27.4 Å². The van der Waals surface area contributed by atoms with Gasteiger partial charge < -0.3 is 19.4 Å². The highest BCUT2D eigenvalue weighted by atomic mass is 19.1. The van der Waals surface area contributed by atoms with Gasteiger partial charge in [-0.1, -0.05) is 12.1 Å². The monoisotopic (exact) mass is 513 g/mol. The fraction of sp³-hybridized carbons (Fsp3) is 0.500.